The molecule has 0 radical (unpaired) electrons. The SMILES string of the molecule is CCNC(Cc1ccco1)C(C)OC. The highest BCUT2D eigenvalue weighted by molar-refractivity contribution is 5.01. The second kappa shape index (κ2) is 5.83. The van der Waals surface area contributed by atoms with Crippen molar-refractivity contribution < 1.29 is 9.15 Å². The summed E-state index contributed by atoms with van der Waals surface area (Å²) in [4.78, 5) is 0. The molecule has 0 aliphatic heterocycles. The summed E-state index contributed by atoms with van der Waals surface area (Å²) in [6, 6.07) is 4.22. The maximum Gasteiger partial charge on any atom is 0.105 e. The Morgan fingerprint density at radius 2 is 2.36 bits per heavy atom. The van der Waals surface area contributed by atoms with Crippen LogP contribution >= 0.6 is 0 Å². The lowest BCUT2D eigenvalue weighted by Crippen LogP contribution is -2.40. The number of methoxy groups -OCH3 is 1. The van der Waals surface area contributed by atoms with Crippen molar-refractivity contribution in [2.24, 2.45) is 0 Å². The van der Waals surface area contributed by atoms with E-state index in [2.05, 4.69) is 19.2 Å². The molecule has 3 nitrogen and oxygen atoms in total. The molecular formula is C11H19NO2. The van der Waals surface area contributed by atoms with Crippen LogP contribution in [0.1, 0.15) is 19.6 Å². The highest BCUT2D eigenvalue weighted by atomic mass is 16.5. The molecule has 2 unspecified atom stereocenters. The zero-order valence-electron chi connectivity index (χ0n) is 9.12. The van der Waals surface area contributed by atoms with Gasteiger partial charge in [-0.2, -0.15) is 0 Å². The van der Waals surface area contributed by atoms with Crippen LogP contribution in [0.15, 0.2) is 22.8 Å². The monoisotopic (exact) mass is 197 g/mol. The smallest absolute Gasteiger partial charge is 0.105 e. The molecule has 0 saturated heterocycles. The van der Waals surface area contributed by atoms with Crippen LogP contribution in [-0.2, 0) is 11.2 Å². The summed E-state index contributed by atoms with van der Waals surface area (Å²) in [5, 5.41) is 3.39. The van der Waals surface area contributed by atoms with E-state index >= 15 is 0 Å². The number of furan rings is 1. The van der Waals surface area contributed by atoms with Gasteiger partial charge in [0, 0.05) is 19.6 Å². The Balaban J connectivity index is 2.50. The summed E-state index contributed by atoms with van der Waals surface area (Å²) in [6.45, 7) is 5.10. The molecule has 1 aromatic heterocycles. The minimum atomic E-state index is 0.194. The summed E-state index contributed by atoms with van der Waals surface area (Å²) in [5.41, 5.74) is 0. The van der Waals surface area contributed by atoms with Crippen molar-refractivity contribution >= 4 is 0 Å². The van der Waals surface area contributed by atoms with Gasteiger partial charge in [-0.25, -0.2) is 0 Å². The Labute approximate surface area is 85.4 Å². The molecule has 14 heavy (non-hydrogen) atoms. The summed E-state index contributed by atoms with van der Waals surface area (Å²) < 4.78 is 10.6. The third-order valence-electron chi connectivity index (χ3n) is 2.41. The molecule has 3 heteroatoms. The molecule has 0 aromatic carbocycles. The number of hydrogen-bond acceptors (Lipinski definition) is 3. The van der Waals surface area contributed by atoms with Gasteiger partial charge in [0.1, 0.15) is 5.76 Å². The molecule has 1 heterocycles. The summed E-state index contributed by atoms with van der Waals surface area (Å²) in [6.07, 6.45) is 2.77. The summed E-state index contributed by atoms with van der Waals surface area (Å²) in [5.74, 6) is 1.000. The molecule has 0 spiro atoms. The van der Waals surface area contributed by atoms with Crippen molar-refractivity contribution in [3.8, 4) is 0 Å². The van der Waals surface area contributed by atoms with Crippen molar-refractivity contribution in [1.29, 1.82) is 0 Å². The van der Waals surface area contributed by atoms with E-state index in [1.165, 1.54) is 0 Å². The molecule has 2 atom stereocenters. The number of likely N-dealkylation sites (N-methyl/N-ethyl adjacent to an activating group) is 1. The Hall–Kier alpha value is -0.800. The van der Waals surface area contributed by atoms with Crippen molar-refractivity contribution in [1.82, 2.24) is 5.32 Å². The van der Waals surface area contributed by atoms with Gasteiger partial charge in [0.05, 0.1) is 12.4 Å². The average molecular weight is 197 g/mol. The van der Waals surface area contributed by atoms with Gasteiger partial charge in [-0.3, -0.25) is 0 Å². The predicted octanol–water partition coefficient (Wildman–Crippen LogP) is 1.84. The molecule has 1 rings (SSSR count). The van der Waals surface area contributed by atoms with Gasteiger partial charge in [-0.15, -0.1) is 0 Å². The van der Waals surface area contributed by atoms with Crippen LogP contribution in [0.2, 0.25) is 0 Å². The van der Waals surface area contributed by atoms with E-state index in [9.17, 15) is 0 Å². The Bertz CT molecular complexity index is 233. The topological polar surface area (TPSA) is 34.4 Å². The van der Waals surface area contributed by atoms with Crippen LogP contribution < -0.4 is 5.32 Å². The van der Waals surface area contributed by atoms with Crippen LogP contribution in [-0.4, -0.2) is 25.8 Å². The lowest BCUT2D eigenvalue weighted by molar-refractivity contribution is 0.0818. The first-order valence-corrected chi connectivity index (χ1v) is 5.06. The standard InChI is InChI=1S/C11H19NO2/c1-4-12-11(9(2)13-3)8-10-6-5-7-14-10/h5-7,9,11-12H,4,8H2,1-3H3. The van der Waals surface area contributed by atoms with Crippen molar-refractivity contribution in [3.05, 3.63) is 24.2 Å². The molecule has 1 aromatic rings. The Morgan fingerprint density at radius 1 is 1.57 bits per heavy atom. The molecule has 0 amide bonds. The van der Waals surface area contributed by atoms with Crippen LogP contribution in [0.25, 0.3) is 0 Å². The van der Waals surface area contributed by atoms with E-state index < -0.39 is 0 Å². The molecule has 1 N–H and O–H groups in total. The van der Waals surface area contributed by atoms with Gasteiger partial charge in [-0.05, 0) is 25.6 Å². The van der Waals surface area contributed by atoms with Crippen LogP contribution in [0.5, 0.6) is 0 Å². The van der Waals surface area contributed by atoms with Gasteiger partial charge in [0.2, 0.25) is 0 Å². The van der Waals surface area contributed by atoms with Crippen LogP contribution in [0.3, 0.4) is 0 Å². The van der Waals surface area contributed by atoms with Crippen molar-refractivity contribution in [2.45, 2.75) is 32.4 Å². The fraction of sp³-hybridized carbons (Fsp3) is 0.636. The zero-order valence-corrected chi connectivity index (χ0v) is 9.12. The van der Waals surface area contributed by atoms with E-state index in [4.69, 9.17) is 9.15 Å². The maximum absolute atomic E-state index is 5.31. The van der Waals surface area contributed by atoms with Gasteiger partial charge < -0.3 is 14.5 Å². The Kier molecular flexibility index (Phi) is 4.70. The molecule has 0 aliphatic carbocycles. The van der Waals surface area contributed by atoms with Gasteiger partial charge >= 0.3 is 0 Å². The second-order valence-electron chi connectivity index (χ2n) is 3.39. The number of hydrogen-bond donors (Lipinski definition) is 1. The molecular weight excluding hydrogens is 178 g/mol. The van der Waals surface area contributed by atoms with E-state index in [1.807, 2.05) is 12.1 Å². The first-order chi connectivity index (χ1) is 6.77. The van der Waals surface area contributed by atoms with Crippen molar-refractivity contribution in [3.63, 3.8) is 0 Å². The Morgan fingerprint density at radius 3 is 2.86 bits per heavy atom. The van der Waals surface area contributed by atoms with Gasteiger partial charge in [-0.1, -0.05) is 6.92 Å². The average Bonchev–Trinajstić information content (AvgIpc) is 2.68. The summed E-state index contributed by atoms with van der Waals surface area (Å²) >= 11 is 0. The molecule has 80 valence electrons. The van der Waals surface area contributed by atoms with Crippen molar-refractivity contribution in [2.75, 3.05) is 13.7 Å². The maximum atomic E-state index is 5.31. The van der Waals surface area contributed by atoms with Crippen LogP contribution in [0, 0.1) is 0 Å². The third-order valence-corrected chi connectivity index (χ3v) is 2.41. The minimum Gasteiger partial charge on any atom is -0.469 e. The minimum absolute atomic E-state index is 0.194. The van der Waals surface area contributed by atoms with E-state index in [1.54, 1.807) is 13.4 Å². The third kappa shape index (κ3) is 3.16. The fourth-order valence-electron chi connectivity index (χ4n) is 1.48. The largest absolute Gasteiger partial charge is 0.469 e. The molecule has 0 saturated carbocycles. The molecule has 0 aliphatic rings. The molecule has 0 bridgehead atoms. The highest BCUT2D eigenvalue weighted by Gasteiger charge is 2.17. The number of rotatable bonds is 6. The van der Waals surface area contributed by atoms with E-state index in [0.717, 1.165) is 18.7 Å². The van der Waals surface area contributed by atoms with E-state index in [-0.39, 0.29) is 6.10 Å². The van der Waals surface area contributed by atoms with Gasteiger partial charge in [0.25, 0.3) is 0 Å². The second-order valence-corrected chi connectivity index (χ2v) is 3.39. The predicted molar refractivity (Wildman–Crippen MR) is 56.3 cm³/mol. The van der Waals surface area contributed by atoms with E-state index in [0.29, 0.717) is 6.04 Å². The number of nitrogens with one attached hydrogen (secondary N) is 1. The summed E-state index contributed by atoms with van der Waals surface area (Å²) in [7, 11) is 1.73. The highest BCUT2D eigenvalue weighted by Crippen LogP contribution is 2.08. The first kappa shape index (κ1) is 11.3. The quantitative estimate of drug-likeness (QED) is 0.755. The fourth-order valence-corrected chi connectivity index (χ4v) is 1.48. The van der Waals surface area contributed by atoms with Gasteiger partial charge in [0.15, 0.2) is 0 Å². The first-order valence-electron chi connectivity index (χ1n) is 5.06. The van der Waals surface area contributed by atoms with Crippen LogP contribution in [0.4, 0.5) is 0 Å². The normalized spacial score (nSPS) is 15.4. The molecule has 0 fully saturated rings. The lowest BCUT2D eigenvalue weighted by atomic mass is 10.1. The lowest BCUT2D eigenvalue weighted by Gasteiger charge is -2.22. The number of ether oxygens (including phenoxy) is 1. The zero-order chi connectivity index (χ0) is 10.4.